The maximum absolute atomic E-state index is 10.1. The fourth-order valence-corrected chi connectivity index (χ4v) is 0.400. The van der Waals surface area contributed by atoms with Crippen LogP contribution in [0.2, 0.25) is 0 Å². The van der Waals surface area contributed by atoms with Crippen molar-refractivity contribution in [3.05, 3.63) is 12.3 Å². The van der Waals surface area contributed by atoms with Crippen LogP contribution in [0.15, 0.2) is 17.3 Å². The molecule has 0 aliphatic carbocycles. The molecule has 0 unspecified atom stereocenters. The molecule has 0 spiro atoms. The van der Waals surface area contributed by atoms with Gasteiger partial charge in [0, 0.05) is 0 Å². The number of carbonyl (C=O) groups is 2. The summed E-state index contributed by atoms with van der Waals surface area (Å²) < 4.78 is 0. The van der Waals surface area contributed by atoms with Crippen molar-refractivity contribution in [1.82, 2.24) is 0 Å². The van der Waals surface area contributed by atoms with E-state index in [0.717, 1.165) is 0 Å². The van der Waals surface area contributed by atoms with E-state index in [1.54, 1.807) is 6.92 Å². The molecule has 3 nitrogen and oxygen atoms in total. The van der Waals surface area contributed by atoms with Crippen molar-refractivity contribution in [2.45, 2.75) is 13.3 Å². The molecule has 0 atom stereocenters. The highest BCUT2D eigenvalue weighted by Gasteiger charge is 1.92. The summed E-state index contributed by atoms with van der Waals surface area (Å²) >= 11 is 0. The van der Waals surface area contributed by atoms with Gasteiger partial charge in [0.25, 0.3) is 0 Å². The molecule has 54 valence electrons. The van der Waals surface area contributed by atoms with Gasteiger partial charge in [0.2, 0.25) is 0 Å². The summed E-state index contributed by atoms with van der Waals surface area (Å²) in [7, 11) is 0. The lowest BCUT2D eigenvalue weighted by molar-refractivity contribution is -0.104. The topological polar surface area (TPSA) is 46.5 Å². The minimum absolute atomic E-state index is 0.0870. The van der Waals surface area contributed by atoms with E-state index in [9.17, 15) is 9.59 Å². The molecule has 0 N–H and O–H groups in total. The van der Waals surface area contributed by atoms with Gasteiger partial charge < -0.3 is 0 Å². The first kappa shape index (κ1) is 8.75. The molecule has 3 heteroatoms. The van der Waals surface area contributed by atoms with Crippen LogP contribution in [0.4, 0.5) is 0 Å². The van der Waals surface area contributed by atoms with Gasteiger partial charge in [-0.05, 0) is 6.42 Å². The molecule has 0 bridgehead atoms. The summed E-state index contributed by atoms with van der Waals surface area (Å²) in [6, 6.07) is 0. The Labute approximate surface area is 59.5 Å². The van der Waals surface area contributed by atoms with Gasteiger partial charge in [-0.1, -0.05) is 13.5 Å². The van der Waals surface area contributed by atoms with Crippen LogP contribution >= 0.6 is 0 Å². The molecule has 0 saturated carbocycles. The SMILES string of the molecule is C=C(C=O)/N=C(/C=O)CC. The van der Waals surface area contributed by atoms with Crippen molar-refractivity contribution >= 4 is 18.3 Å². The number of aldehydes is 2. The second-order valence-electron chi connectivity index (χ2n) is 1.68. The number of nitrogens with zero attached hydrogens (tertiary/aromatic N) is 1. The van der Waals surface area contributed by atoms with Crippen LogP contribution in [0.25, 0.3) is 0 Å². The zero-order chi connectivity index (χ0) is 7.98. The molecule has 0 aliphatic rings. The lowest BCUT2D eigenvalue weighted by atomic mass is 10.3. The average Bonchev–Trinajstić information content (AvgIpc) is 1.99. The normalized spacial score (nSPS) is 10.7. The van der Waals surface area contributed by atoms with E-state index in [0.29, 0.717) is 24.7 Å². The Morgan fingerprint density at radius 2 is 2.10 bits per heavy atom. The van der Waals surface area contributed by atoms with Gasteiger partial charge in [0.05, 0.1) is 11.4 Å². The summed E-state index contributed by atoms with van der Waals surface area (Å²) in [6.07, 6.45) is 1.66. The average molecular weight is 139 g/mol. The predicted molar refractivity (Wildman–Crippen MR) is 39.0 cm³/mol. The number of hydrogen-bond acceptors (Lipinski definition) is 3. The molecular formula is C7H9NO2. The number of rotatable bonds is 4. The molecular weight excluding hydrogens is 130 g/mol. The monoisotopic (exact) mass is 139 g/mol. The molecule has 0 saturated heterocycles. The van der Waals surface area contributed by atoms with E-state index < -0.39 is 0 Å². The first-order valence-corrected chi connectivity index (χ1v) is 2.91. The van der Waals surface area contributed by atoms with Crippen LogP contribution in [0.5, 0.6) is 0 Å². The van der Waals surface area contributed by atoms with Crippen LogP contribution < -0.4 is 0 Å². The largest absolute Gasteiger partial charge is 0.297 e. The molecule has 0 aromatic rings. The quantitative estimate of drug-likeness (QED) is 0.328. The number of hydrogen-bond donors (Lipinski definition) is 0. The molecule has 0 aliphatic heterocycles. The van der Waals surface area contributed by atoms with Gasteiger partial charge in [-0.25, -0.2) is 4.99 Å². The second-order valence-corrected chi connectivity index (χ2v) is 1.68. The Morgan fingerprint density at radius 3 is 2.40 bits per heavy atom. The lowest BCUT2D eigenvalue weighted by Crippen LogP contribution is -1.97. The van der Waals surface area contributed by atoms with Crippen LogP contribution in [0.1, 0.15) is 13.3 Å². The Morgan fingerprint density at radius 1 is 1.50 bits per heavy atom. The summed E-state index contributed by atoms with van der Waals surface area (Å²) in [5, 5.41) is 0. The fourth-order valence-electron chi connectivity index (χ4n) is 0.400. The Balaban J connectivity index is 4.23. The van der Waals surface area contributed by atoms with Gasteiger partial charge in [0.1, 0.15) is 0 Å². The second kappa shape index (κ2) is 4.61. The number of aliphatic imine (C=N–C) groups is 1. The fraction of sp³-hybridized carbons (Fsp3) is 0.286. The van der Waals surface area contributed by atoms with E-state index in [2.05, 4.69) is 11.6 Å². The van der Waals surface area contributed by atoms with Gasteiger partial charge in [-0.2, -0.15) is 0 Å². The van der Waals surface area contributed by atoms with Crippen LogP contribution in [0.3, 0.4) is 0 Å². The molecule has 0 fully saturated rings. The zero-order valence-corrected chi connectivity index (χ0v) is 5.83. The van der Waals surface area contributed by atoms with Gasteiger partial charge >= 0.3 is 0 Å². The Bertz CT molecular complexity index is 182. The first-order chi connectivity index (χ1) is 4.74. The molecule has 0 amide bonds. The number of allylic oxidation sites excluding steroid dienone is 1. The maximum atomic E-state index is 10.1. The summed E-state index contributed by atoms with van der Waals surface area (Å²) in [5.41, 5.74) is 0.432. The summed E-state index contributed by atoms with van der Waals surface area (Å²) in [5.74, 6) is 0. The van der Waals surface area contributed by atoms with Gasteiger partial charge in [-0.15, -0.1) is 0 Å². The standard InChI is InChI=1S/C7H9NO2/c1-3-7(5-10)8-6(2)4-9/h4-5H,2-3H2,1H3/b8-7+. The van der Waals surface area contributed by atoms with Crippen molar-refractivity contribution < 1.29 is 9.59 Å². The van der Waals surface area contributed by atoms with E-state index in [-0.39, 0.29) is 5.70 Å². The highest BCUT2D eigenvalue weighted by atomic mass is 16.1. The highest BCUT2D eigenvalue weighted by molar-refractivity contribution is 6.28. The van der Waals surface area contributed by atoms with Crippen molar-refractivity contribution in [2.75, 3.05) is 0 Å². The third-order valence-electron chi connectivity index (χ3n) is 0.922. The molecule has 0 rings (SSSR count). The third kappa shape index (κ3) is 2.91. The first-order valence-electron chi connectivity index (χ1n) is 2.91. The van der Waals surface area contributed by atoms with E-state index in [4.69, 9.17) is 0 Å². The highest BCUT2D eigenvalue weighted by Crippen LogP contribution is 1.90. The van der Waals surface area contributed by atoms with Gasteiger partial charge in [0.15, 0.2) is 12.6 Å². The van der Waals surface area contributed by atoms with E-state index in [1.165, 1.54) is 0 Å². The predicted octanol–water partition coefficient (Wildman–Crippen LogP) is 0.749. The van der Waals surface area contributed by atoms with Crippen molar-refractivity contribution in [2.24, 2.45) is 4.99 Å². The van der Waals surface area contributed by atoms with Crippen LogP contribution in [0, 0.1) is 0 Å². The zero-order valence-electron chi connectivity index (χ0n) is 5.83. The number of carbonyl (C=O) groups excluding carboxylic acids is 2. The molecule has 0 aromatic carbocycles. The van der Waals surface area contributed by atoms with Crippen LogP contribution in [-0.2, 0) is 9.59 Å². The molecule has 10 heavy (non-hydrogen) atoms. The maximum Gasteiger partial charge on any atom is 0.167 e. The summed E-state index contributed by atoms with van der Waals surface area (Å²) in [4.78, 5) is 23.7. The van der Waals surface area contributed by atoms with E-state index in [1.807, 2.05) is 0 Å². The van der Waals surface area contributed by atoms with Gasteiger partial charge in [-0.3, -0.25) is 9.59 Å². The summed E-state index contributed by atoms with van der Waals surface area (Å²) in [6.45, 7) is 5.08. The van der Waals surface area contributed by atoms with Crippen LogP contribution in [-0.4, -0.2) is 18.3 Å². The molecule has 0 aromatic heterocycles. The smallest absolute Gasteiger partial charge is 0.167 e. The van der Waals surface area contributed by atoms with Crippen molar-refractivity contribution in [3.63, 3.8) is 0 Å². The Kier molecular flexibility index (Phi) is 4.04. The van der Waals surface area contributed by atoms with E-state index >= 15 is 0 Å². The Hall–Kier alpha value is -1.25. The minimum Gasteiger partial charge on any atom is -0.297 e. The minimum atomic E-state index is 0.0870. The third-order valence-corrected chi connectivity index (χ3v) is 0.922. The van der Waals surface area contributed by atoms with Crippen molar-refractivity contribution in [3.8, 4) is 0 Å². The molecule has 0 heterocycles. The lowest BCUT2D eigenvalue weighted by Gasteiger charge is -1.89. The van der Waals surface area contributed by atoms with Crippen molar-refractivity contribution in [1.29, 1.82) is 0 Å². The molecule has 0 radical (unpaired) electrons.